The molecule has 7 heteroatoms. The lowest BCUT2D eigenvalue weighted by molar-refractivity contribution is 0.135. The van der Waals surface area contributed by atoms with E-state index in [0.717, 1.165) is 70.3 Å². The van der Waals surface area contributed by atoms with Crippen molar-refractivity contribution in [2.45, 2.75) is 13.1 Å². The number of urea groups is 1. The number of rotatable bonds is 5. The third kappa shape index (κ3) is 5.49. The van der Waals surface area contributed by atoms with Crippen LogP contribution in [0.5, 0.6) is 0 Å². The van der Waals surface area contributed by atoms with Gasteiger partial charge in [-0.25, -0.2) is 9.78 Å². The van der Waals surface area contributed by atoms with Gasteiger partial charge in [0.15, 0.2) is 0 Å². The molecule has 4 rings (SSSR count). The predicted octanol–water partition coefficient (Wildman–Crippen LogP) is 1.86. The summed E-state index contributed by atoms with van der Waals surface area (Å²) in [5.41, 5.74) is 2.42. The maximum absolute atomic E-state index is 12.6. The Morgan fingerprint density at radius 3 is 2.40 bits per heavy atom. The Bertz CT molecular complexity index is 813. The van der Waals surface area contributed by atoms with E-state index in [4.69, 9.17) is 0 Å². The van der Waals surface area contributed by atoms with Crippen molar-refractivity contribution in [3.05, 3.63) is 59.8 Å². The number of amides is 2. The Hall–Kier alpha value is -2.64. The summed E-state index contributed by atoms with van der Waals surface area (Å²) in [4.78, 5) is 26.1. The normalized spacial score (nSPS) is 18.4. The summed E-state index contributed by atoms with van der Waals surface area (Å²) in [5, 5.41) is 3.08. The summed E-state index contributed by atoms with van der Waals surface area (Å²) in [5.74, 6) is 1.00. The van der Waals surface area contributed by atoms with Gasteiger partial charge >= 0.3 is 6.03 Å². The number of hydrogen-bond acceptors (Lipinski definition) is 5. The predicted molar refractivity (Wildman–Crippen MR) is 119 cm³/mol. The third-order valence-corrected chi connectivity index (χ3v) is 5.99. The highest BCUT2D eigenvalue weighted by Gasteiger charge is 2.21. The molecule has 0 saturated carbocycles. The molecule has 2 fully saturated rings. The molecule has 30 heavy (non-hydrogen) atoms. The van der Waals surface area contributed by atoms with Gasteiger partial charge in [0.1, 0.15) is 5.82 Å². The van der Waals surface area contributed by atoms with E-state index >= 15 is 0 Å². The number of piperazine rings is 2. The molecule has 0 aliphatic carbocycles. The molecule has 2 amide bonds. The molecular formula is C23H32N6O. The van der Waals surface area contributed by atoms with Gasteiger partial charge in [-0.15, -0.1) is 0 Å². The van der Waals surface area contributed by atoms with Crippen LogP contribution in [-0.4, -0.2) is 85.1 Å². The molecule has 2 aromatic rings. The fraction of sp³-hybridized carbons (Fsp3) is 0.478. The summed E-state index contributed by atoms with van der Waals surface area (Å²) in [6, 6.07) is 14.6. The van der Waals surface area contributed by atoms with E-state index in [-0.39, 0.29) is 6.03 Å². The molecule has 2 aliphatic heterocycles. The monoisotopic (exact) mass is 408 g/mol. The molecule has 0 spiro atoms. The highest BCUT2D eigenvalue weighted by atomic mass is 16.2. The first kappa shape index (κ1) is 20.6. The van der Waals surface area contributed by atoms with E-state index in [0.29, 0.717) is 6.54 Å². The second-order valence-electron chi connectivity index (χ2n) is 8.22. The van der Waals surface area contributed by atoms with Crippen LogP contribution in [0.3, 0.4) is 0 Å². The van der Waals surface area contributed by atoms with E-state index in [2.05, 4.69) is 62.4 Å². The third-order valence-electron chi connectivity index (χ3n) is 5.99. The Labute approximate surface area is 179 Å². The molecule has 2 aliphatic rings. The highest BCUT2D eigenvalue weighted by Crippen LogP contribution is 2.15. The lowest BCUT2D eigenvalue weighted by atomic mass is 10.2. The highest BCUT2D eigenvalue weighted by molar-refractivity contribution is 5.74. The first-order chi connectivity index (χ1) is 14.7. The summed E-state index contributed by atoms with van der Waals surface area (Å²) >= 11 is 0. The first-order valence-electron chi connectivity index (χ1n) is 10.8. The van der Waals surface area contributed by atoms with Crippen LogP contribution in [0, 0.1) is 0 Å². The van der Waals surface area contributed by atoms with Gasteiger partial charge in [0.25, 0.3) is 0 Å². The molecule has 0 bridgehead atoms. The zero-order chi connectivity index (χ0) is 20.8. The van der Waals surface area contributed by atoms with Gasteiger partial charge in [-0.1, -0.05) is 30.3 Å². The molecule has 0 atom stereocenters. The van der Waals surface area contributed by atoms with E-state index in [1.165, 1.54) is 5.56 Å². The SMILES string of the molecule is CN1CCN(c2cc(CNC(=O)N3CCN(Cc4ccccc4)CC3)ccn2)CC1. The lowest BCUT2D eigenvalue weighted by Gasteiger charge is -2.34. The lowest BCUT2D eigenvalue weighted by Crippen LogP contribution is -2.51. The molecular weight excluding hydrogens is 376 g/mol. The summed E-state index contributed by atoms with van der Waals surface area (Å²) in [7, 11) is 2.15. The van der Waals surface area contributed by atoms with Crippen LogP contribution in [0.4, 0.5) is 10.6 Å². The molecule has 7 nitrogen and oxygen atoms in total. The maximum atomic E-state index is 12.6. The van der Waals surface area contributed by atoms with Crippen LogP contribution >= 0.6 is 0 Å². The molecule has 160 valence electrons. The molecule has 1 aromatic carbocycles. The number of aromatic nitrogens is 1. The number of nitrogens with one attached hydrogen (secondary N) is 1. The zero-order valence-electron chi connectivity index (χ0n) is 17.8. The van der Waals surface area contributed by atoms with Crippen LogP contribution in [0.2, 0.25) is 0 Å². The van der Waals surface area contributed by atoms with Crippen LogP contribution in [-0.2, 0) is 13.1 Å². The van der Waals surface area contributed by atoms with Gasteiger partial charge in [-0.3, -0.25) is 4.90 Å². The Kier molecular flexibility index (Phi) is 6.81. The van der Waals surface area contributed by atoms with Crippen molar-refractivity contribution in [1.82, 2.24) is 25.0 Å². The van der Waals surface area contributed by atoms with Crippen LogP contribution in [0.25, 0.3) is 0 Å². The number of benzene rings is 1. The first-order valence-corrected chi connectivity index (χ1v) is 10.8. The van der Waals surface area contributed by atoms with Crippen molar-refractivity contribution in [3.63, 3.8) is 0 Å². The second kappa shape index (κ2) is 9.91. The van der Waals surface area contributed by atoms with Gasteiger partial charge in [0.2, 0.25) is 0 Å². The van der Waals surface area contributed by atoms with Crippen molar-refractivity contribution in [3.8, 4) is 0 Å². The minimum Gasteiger partial charge on any atom is -0.354 e. The number of likely N-dealkylation sites (N-methyl/N-ethyl adjacent to an activating group) is 1. The molecule has 0 unspecified atom stereocenters. The van der Waals surface area contributed by atoms with Crippen LogP contribution in [0.1, 0.15) is 11.1 Å². The van der Waals surface area contributed by atoms with Gasteiger partial charge in [-0.05, 0) is 30.3 Å². The molecule has 1 aromatic heterocycles. The van der Waals surface area contributed by atoms with Gasteiger partial charge in [0.05, 0.1) is 0 Å². The average Bonchev–Trinajstić information content (AvgIpc) is 2.79. The Balaban J connectivity index is 1.23. The van der Waals surface area contributed by atoms with Crippen molar-refractivity contribution in [2.75, 3.05) is 64.3 Å². The van der Waals surface area contributed by atoms with E-state index in [1.54, 1.807) is 0 Å². The number of carbonyl (C=O) groups excluding carboxylic acids is 1. The maximum Gasteiger partial charge on any atom is 0.317 e. The molecule has 0 radical (unpaired) electrons. The van der Waals surface area contributed by atoms with Crippen molar-refractivity contribution < 1.29 is 4.79 Å². The number of hydrogen-bond donors (Lipinski definition) is 1. The van der Waals surface area contributed by atoms with Gasteiger partial charge in [0, 0.05) is 71.6 Å². The van der Waals surface area contributed by atoms with Crippen LogP contribution < -0.4 is 10.2 Å². The Morgan fingerprint density at radius 2 is 1.67 bits per heavy atom. The minimum atomic E-state index is 0.0207. The van der Waals surface area contributed by atoms with E-state index in [1.807, 2.05) is 23.2 Å². The topological polar surface area (TPSA) is 55.0 Å². The second-order valence-corrected chi connectivity index (χ2v) is 8.22. The summed E-state index contributed by atoms with van der Waals surface area (Å²) < 4.78 is 0. The van der Waals surface area contributed by atoms with Gasteiger partial charge < -0.3 is 20.0 Å². The molecule has 2 saturated heterocycles. The van der Waals surface area contributed by atoms with E-state index < -0.39 is 0 Å². The zero-order valence-corrected chi connectivity index (χ0v) is 17.8. The standard InChI is InChI=1S/C23H32N6O/c1-26-9-13-28(14-10-26)22-17-21(7-8-24-22)18-25-23(30)29-15-11-27(12-16-29)19-20-5-3-2-4-6-20/h2-8,17H,9-16,18-19H2,1H3,(H,25,30). The van der Waals surface area contributed by atoms with Crippen molar-refractivity contribution in [2.24, 2.45) is 0 Å². The fourth-order valence-corrected chi connectivity index (χ4v) is 4.02. The van der Waals surface area contributed by atoms with E-state index in [9.17, 15) is 4.79 Å². The summed E-state index contributed by atoms with van der Waals surface area (Å²) in [6.45, 7) is 8.92. The van der Waals surface area contributed by atoms with Crippen molar-refractivity contribution in [1.29, 1.82) is 0 Å². The quantitative estimate of drug-likeness (QED) is 0.819. The number of nitrogens with zero attached hydrogens (tertiary/aromatic N) is 5. The number of pyridine rings is 1. The average molecular weight is 409 g/mol. The largest absolute Gasteiger partial charge is 0.354 e. The minimum absolute atomic E-state index is 0.0207. The van der Waals surface area contributed by atoms with Crippen LogP contribution in [0.15, 0.2) is 48.7 Å². The molecule has 1 N–H and O–H groups in total. The van der Waals surface area contributed by atoms with Crippen molar-refractivity contribution >= 4 is 11.8 Å². The number of anilines is 1. The summed E-state index contributed by atoms with van der Waals surface area (Å²) in [6.07, 6.45) is 1.84. The molecule has 3 heterocycles. The number of carbonyl (C=O) groups is 1. The Morgan fingerprint density at radius 1 is 0.933 bits per heavy atom. The fourth-order valence-electron chi connectivity index (χ4n) is 4.02. The smallest absolute Gasteiger partial charge is 0.317 e. The van der Waals surface area contributed by atoms with Gasteiger partial charge in [-0.2, -0.15) is 0 Å².